The number of nitrogens with one attached hydrogen (secondary N) is 1. The van der Waals surface area contributed by atoms with Crippen LogP contribution in [0.3, 0.4) is 0 Å². The van der Waals surface area contributed by atoms with Gasteiger partial charge in [-0.15, -0.1) is 0 Å². The number of hydrogen-bond acceptors (Lipinski definition) is 2. The second-order valence-electron chi connectivity index (χ2n) is 6.18. The van der Waals surface area contributed by atoms with Crippen molar-refractivity contribution in [2.45, 2.75) is 71.9 Å². The van der Waals surface area contributed by atoms with E-state index in [1.54, 1.807) is 0 Å². The molecule has 102 valence electrons. The highest BCUT2D eigenvalue weighted by Gasteiger charge is 2.34. The van der Waals surface area contributed by atoms with Gasteiger partial charge in [-0.1, -0.05) is 40.5 Å². The Balaban J connectivity index is 2.62. The van der Waals surface area contributed by atoms with Gasteiger partial charge in [-0.3, -0.25) is 4.90 Å². The van der Waals surface area contributed by atoms with E-state index in [0.29, 0.717) is 5.54 Å². The molecule has 0 saturated carbocycles. The summed E-state index contributed by atoms with van der Waals surface area (Å²) < 4.78 is 0. The fourth-order valence-electron chi connectivity index (χ4n) is 2.72. The molecule has 2 heteroatoms. The SMILES string of the molecule is CCCC1CNC(C)(CC)CN1CC(C)CC. The van der Waals surface area contributed by atoms with Gasteiger partial charge in [0.1, 0.15) is 0 Å². The van der Waals surface area contributed by atoms with Crippen LogP contribution < -0.4 is 5.32 Å². The smallest absolute Gasteiger partial charge is 0.0278 e. The highest BCUT2D eigenvalue weighted by molar-refractivity contribution is 4.94. The van der Waals surface area contributed by atoms with Gasteiger partial charge in [0.2, 0.25) is 0 Å². The Bertz CT molecular complexity index is 217. The molecule has 1 N–H and O–H groups in total. The maximum Gasteiger partial charge on any atom is 0.0278 e. The van der Waals surface area contributed by atoms with E-state index >= 15 is 0 Å². The normalized spacial score (nSPS) is 32.6. The largest absolute Gasteiger partial charge is 0.309 e. The Hall–Kier alpha value is -0.0800. The summed E-state index contributed by atoms with van der Waals surface area (Å²) in [6.07, 6.45) is 5.16. The van der Waals surface area contributed by atoms with E-state index in [-0.39, 0.29) is 0 Å². The lowest BCUT2D eigenvalue weighted by molar-refractivity contribution is 0.0664. The summed E-state index contributed by atoms with van der Waals surface area (Å²) >= 11 is 0. The fourth-order valence-corrected chi connectivity index (χ4v) is 2.72. The van der Waals surface area contributed by atoms with Crippen LogP contribution in [0, 0.1) is 5.92 Å². The average Bonchev–Trinajstić information content (AvgIpc) is 2.33. The first kappa shape index (κ1) is 15.0. The molecule has 0 amide bonds. The van der Waals surface area contributed by atoms with Crippen molar-refractivity contribution in [2.75, 3.05) is 19.6 Å². The Kier molecular flexibility index (Phi) is 5.94. The predicted molar refractivity (Wildman–Crippen MR) is 76.4 cm³/mol. The van der Waals surface area contributed by atoms with Crippen molar-refractivity contribution < 1.29 is 0 Å². The van der Waals surface area contributed by atoms with Crippen molar-refractivity contribution in [3.63, 3.8) is 0 Å². The molecule has 0 bridgehead atoms. The summed E-state index contributed by atoms with van der Waals surface area (Å²) in [5.41, 5.74) is 0.331. The molecule has 3 atom stereocenters. The van der Waals surface area contributed by atoms with Crippen molar-refractivity contribution in [3.05, 3.63) is 0 Å². The summed E-state index contributed by atoms with van der Waals surface area (Å²) in [5.74, 6) is 0.827. The summed E-state index contributed by atoms with van der Waals surface area (Å²) in [6.45, 7) is 15.3. The third-order valence-electron chi connectivity index (χ3n) is 4.48. The van der Waals surface area contributed by atoms with Gasteiger partial charge in [0.15, 0.2) is 0 Å². The van der Waals surface area contributed by atoms with Crippen LogP contribution in [0.5, 0.6) is 0 Å². The predicted octanol–water partition coefficient (Wildman–Crippen LogP) is 3.28. The Morgan fingerprint density at radius 3 is 2.59 bits per heavy atom. The van der Waals surface area contributed by atoms with Crippen molar-refractivity contribution in [3.8, 4) is 0 Å². The van der Waals surface area contributed by atoms with Crippen LogP contribution in [0.1, 0.15) is 60.3 Å². The number of nitrogens with zero attached hydrogens (tertiary/aromatic N) is 1. The van der Waals surface area contributed by atoms with Crippen LogP contribution in [0.4, 0.5) is 0 Å². The topological polar surface area (TPSA) is 15.3 Å². The lowest BCUT2D eigenvalue weighted by Gasteiger charge is -2.47. The zero-order chi connectivity index (χ0) is 12.9. The maximum absolute atomic E-state index is 3.76. The molecular formula is C15H32N2. The van der Waals surface area contributed by atoms with E-state index in [0.717, 1.165) is 12.0 Å². The lowest BCUT2D eigenvalue weighted by Crippen LogP contribution is -2.63. The lowest BCUT2D eigenvalue weighted by atomic mass is 9.91. The molecule has 1 heterocycles. The standard InChI is InChI=1S/C15H32N2/c1-6-9-14-10-16-15(5,8-3)12-17(14)11-13(4)7-2/h13-14,16H,6-12H2,1-5H3. The minimum absolute atomic E-state index is 0.331. The molecule has 0 radical (unpaired) electrons. The molecule has 0 aromatic heterocycles. The Morgan fingerprint density at radius 1 is 1.35 bits per heavy atom. The molecule has 1 saturated heterocycles. The molecule has 1 aliphatic heterocycles. The Labute approximate surface area is 108 Å². The highest BCUT2D eigenvalue weighted by Crippen LogP contribution is 2.22. The fraction of sp³-hybridized carbons (Fsp3) is 1.00. The summed E-state index contributed by atoms with van der Waals surface area (Å²) in [6, 6.07) is 0.758. The van der Waals surface area contributed by atoms with E-state index in [2.05, 4.69) is 44.8 Å². The molecule has 2 nitrogen and oxygen atoms in total. The molecule has 1 fully saturated rings. The zero-order valence-corrected chi connectivity index (χ0v) is 12.6. The first-order valence-electron chi connectivity index (χ1n) is 7.53. The molecule has 1 rings (SSSR count). The Morgan fingerprint density at radius 2 is 2.06 bits per heavy atom. The van der Waals surface area contributed by atoms with E-state index in [9.17, 15) is 0 Å². The molecule has 0 aliphatic carbocycles. The van der Waals surface area contributed by atoms with Crippen LogP contribution in [0.15, 0.2) is 0 Å². The summed E-state index contributed by atoms with van der Waals surface area (Å²) in [4.78, 5) is 2.75. The number of rotatable bonds is 6. The minimum Gasteiger partial charge on any atom is -0.309 e. The minimum atomic E-state index is 0.331. The highest BCUT2D eigenvalue weighted by atomic mass is 15.2. The van der Waals surface area contributed by atoms with Gasteiger partial charge in [0.25, 0.3) is 0 Å². The van der Waals surface area contributed by atoms with Gasteiger partial charge < -0.3 is 5.32 Å². The van der Waals surface area contributed by atoms with E-state index in [4.69, 9.17) is 0 Å². The number of piperazine rings is 1. The monoisotopic (exact) mass is 240 g/mol. The van der Waals surface area contributed by atoms with E-state index < -0.39 is 0 Å². The van der Waals surface area contributed by atoms with Gasteiger partial charge in [-0.05, 0) is 25.7 Å². The molecule has 1 aliphatic rings. The van der Waals surface area contributed by atoms with Crippen LogP contribution in [-0.4, -0.2) is 36.1 Å². The van der Waals surface area contributed by atoms with Gasteiger partial charge in [0, 0.05) is 31.2 Å². The maximum atomic E-state index is 3.76. The molecule has 0 spiro atoms. The van der Waals surface area contributed by atoms with Gasteiger partial charge in [-0.25, -0.2) is 0 Å². The number of hydrogen-bond donors (Lipinski definition) is 1. The van der Waals surface area contributed by atoms with Crippen molar-refractivity contribution in [1.29, 1.82) is 0 Å². The van der Waals surface area contributed by atoms with Crippen LogP contribution in [-0.2, 0) is 0 Å². The van der Waals surface area contributed by atoms with E-state index in [1.807, 2.05) is 0 Å². The molecule has 17 heavy (non-hydrogen) atoms. The van der Waals surface area contributed by atoms with Crippen molar-refractivity contribution in [1.82, 2.24) is 10.2 Å². The molecular weight excluding hydrogens is 208 g/mol. The second-order valence-corrected chi connectivity index (χ2v) is 6.18. The van der Waals surface area contributed by atoms with Crippen LogP contribution >= 0.6 is 0 Å². The average molecular weight is 240 g/mol. The third-order valence-corrected chi connectivity index (χ3v) is 4.48. The first-order valence-corrected chi connectivity index (χ1v) is 7.53. The molecule has 0 aromatic carbocycles. The molecule has 0 aromatic rings. The quantitative estimate of drug-likeness (QED) is 0.766. The zero-order valence-electron chi connectivity index (χ0n) is 12.6. The summed E-state index contributed by atoms with van der Waals surface area (Å²) in [7, 11) is 0. The van der Waals surface area contributed by atoms with Crippen LogP contribution in [0.25, 0.3) is 0 Å². The third kappa shape index (κ3) is 4.26. The van der Waals surface area contributed by atoms with Crippen molar-refractivity contribution >= 4 is 0 Å². The van der Waals surface area contributed by atoms with E-state index in [1.165, 1.54) is 45.3 Å². The second kappa shape index (κ2) is 6.75. The van der Waals surface area contributed by atoms with Crippen LogP contribution in [0.2, 0.25) is 0 Å². The summed E-state index contributed by atoms with van der Waals surface area (Å²) in [5, 5.41) is 3.76. The van der Waals surface area contributed by atoms with Crippen molar-refractivity contribution in [2.24, 2.45) is 5.92 Å². The van der Waals surface area contributed by atoms with Gasteiger partial charge in [0.05, 0.1) is 0 Å². The van der Waals surface area contributed by atoms with Gasteiger partial charge >= 0.3 is 0 Å². The van der Waals surface area contributed by atoms with Gasteiger partial charge in [-0.2, -0.15) is 0 Å². The molecule has 3 unspecified atom stereocenters. The first-order chi connectivity index (χ1) is 8.04.